The monoisotopic (exact) mass is 465 g/mol. The number of ether oxygens (including phenoxy) is 1. The van der Waals surface area contributed by atoms with E-state index in [1.165, 1.54) is 32.8 Å². The number of ketones is 1. The first-order valence-corrected chi connectivity index (χ1v) is 13.7. The average Bonchev–Trinajstić information content (AvgIpc) is 3.09. The lowest BCUT2D eigenvalue weighted by Crippen LogP contribution is -2.33. The molecule has 1 N–H and O–H groups in total. The van der Waals surface area contributed by atoms with E-state index in [0.29, 0.717) is 30.5 Å². The first kappa shape index (κ1) is 29.8. The molecule has 0 heterocycles. The van der Waals surface area contributed by atoms with Gasteiger partial charge in [-0.2, -0.15) is 0 Å². The fraction of sp³-hybridized carbons (Fsp3) is 0.857. The van der Waals surface area contributed by atoms with Crippen molar-refractivity contribution in [1.82, 2.24) is 4.90 Å². The largest absolute Gasteiger partial charge is 0.467 e. The molecule has 0 radical (unpaired) electrons. The number of carbonyl (C=O) groups is 2. The van der Waals surface area contributed by atoms with Gasteiger partial charge in [-0.1, -0.05) is 71.4 Å². The lowest BCUT2D eigenvalue weighted by Gasteiger charge is -2.28. The molecule has 1 rings (SSSR count). The van der Waals surface area contributed by atoms with Crippen LogP contribution < -0.4 is 0 Å². The average molecular weight is 466 g/mol. The summed E-state index contributed by atoms with van der Waals surface area (Å²) in [6.45, 7) is 9.95. The number of rotatable bonds is 19. The first-order valence-electron chi connectivity index (χ1n) is 13.7. The number of aliphatic hydroxyl groups excluding tert-OH is 1. The highest BCUT2D eigenvalue weighted by Crippen LogP contribution is 2.39. The highest BCUT2D eigenvalue weighted by atomic mass is 16.5. The summed E-state index contributed by atoms with van der Waals surface area (Å²) in [5.41, 5.74) is 0. The number of unbranched alkanes of at least 4 members (excludes halogenated alkanes) is 6. The Balaban J connectivity index is 2.67. The second-order valence-corrected chi connectivity index (χ2v) is 9.87. The molecule has 192 valence electrons. The van der Waals surface area contributed by atoms with Crippen LogP contribution in [0.2, 0.25) is 0 Å². The number of methoxy groups -OCH3 is 1. The standard InChI is InChI=1S/C28H51NO4/c1-5-8-9-10-11-13-16-24-23(22-29(19-6-2)20-7-3)21-27(31)25(24)17-14-12-15-18-26(30)28(32)33-4/h13,16,23-26,30H,5-12,14-15,17-22H2,1-4H3/t23-,24-,25+,26?/m0/s1. The number of allylic oxidation sites excluding steroid dienone is 2. The fourth-order valence-electron chi connectivity index (χ4n) is 5.25. The molecule has 33 heavy (non-hydrogen) atoms. The van der Waals surface area contributed by atoms with Crippen molar-refractivity contribution in [2.45, 2.75) is 110 Å². The summed E-state index contributed by atoms with van der Waals surface area (Å²) in [6, 6.07) is 0. The van der Waals surface area contributed by atoms with Gasteiger partial charge in [-0.05, 0) is 63.5 Å². The maximum absolute atomic E-state index is 13.0. The highest BCUT2D eigenvalue weighted by Gasteiger charge is 2.40. The van der Waals surface area contributed by atoms with Crippen LogP contribution in [0.3, 0.4) is 0 Å². The molecule has 1 fully saturated rings. The maximum atomic E-state index is 13.0. The lowest BCUT2D eigenvalue weighted by atomic mass is 9.84. The number of aliphatic hydroxyl groups is 1. The van der Waals surface area contributed by atoms with Gasteiger partial charge in [0.1, 0.15) is 5.78 Å². The molecule has 0 amide bonds. The van der Waals surface area contributed by atoms with E-state index >= 15 is 0 Å². The predicted octanol–water partition coefficient (Wildman–Crippen LogP) is 5.94. The van der Waals surface area contributed by atoms with Crippen LogP contribution in [0.15, 0.2) is 12.2 Å². The van der Waals surface area contributed by atoms with Crippen molar-refractivity contribution in [2.24, 2.45) is 17.8 Å². The molecule has 0 aromatic heterocycles. The van der Waals surface area contributed by atoms with E-state index in [-0.39, 0.29) is 5.92 Å². The summed E-state index contributed by atoms with van der Waals surface area (Å²) in [6.07, 6.45) is 16.9. The molecule has 0 saturated heterocycles. The van der Waals surface area contributed by atoms with Crippen LogP contribution in [0.25, 0.3) is 0 Å². The molecule has 1 aliphatic carbocycles. The number of hydrogen-bond donors (Lipinski definition) is 1. The molecule has 4 atom stereocenters. The van der Waals surface area contributed by atoms with Gasteiger partial charge >= 0.3 is 5.97 Å². The van der Waals surface area contributed by atoms with E-state index in [2.05, 4.69) is 42.6 Å². The van der Waals surface area contributed by atoms with Crippen LogP contribution in [-0.4, -0.2) is 54.6 Å². The van der Waals surface area contributed by atoms with Gasteiger partial charge in [-0.15, -0.1) is 0 Å². The Morgan fingerprint density at radius 3 is 2.39 bits per heavy atom. The zero-order chi connectivity index (χ0) is 24.5. The van der Waals surface area contributed by atoms with Crippen molar-refractivity contribution in [3.05, 3.63) is 12.2 Å². The van der Waals surface area contributed by atoms with Crippen molar-refractivity contribution in [1.29, 1.82) is 0 Å². The maximum Gasteiger partial charge on any atom is 0.334 e. The Hall–Kier alpha value is -1.20. The van der Waals surface area contributed by atoms with E-state index in [4.69, 9.17) is 0 Å². The van der Waals surface area contributed by atoms with Crippen LogP contribution in [0.5, 0.6) is 0 Å². The molecule has 1 aliphatic rings. The van der Waals surface area contributed by atoms with Crippen LogP contribution in [-0.2, 0) is 14.3 Å². The highest BCUT2D eigenvalue weighted by molar-refractivity contribution is 5.84. The van der Waals surface area contributed by atoms with E-state index in [0.717, 1.165) is 64.6 Å². The second-order valence-electron chi connectivity index (χ2n) is 9.87. The van der Waals surface area contributed by atoms with Gasteiger partial charge in [0.2, 0.25) is 0 Å². The number of carbonyl (C=O) groups excluding carboxylic acids is 2. The molecule has 5 nitrogen and oxygen atoms in total. The number of esters is 1. The molecular formula is C28H51NO4. The van der Waals surface area contributed by atoms with Crippen LogP contribution in [0.4, 0.5) is 0 Å². The van der Waals surface area contributed by atoms with Gasteiger partial charge in [-0.3, -0.25) is 4.79 Å². The van der Waals surface area contributed by atoms with Crippen LogP contribution in [0.1, 0.15) is 104 Å². The second kappa shape index (κ2) is 18.2. The Morgan fingerprint density at radius 1 is 1.06 bits per heavy atom. The Morgan fingerprint density at radius 2 is 1.76 bits per heavy atom. The number of hydrogen-bond acceptors (Lipinski definition) is 5. The van der Waals surface area contributed by atoms with Crippen molar-refractivity contribution in [3.8, 4) is 0 Å². The summed E-state index contributed by atoms with van der Waals surface area (Å²) < 4.78 is 4.58. The van der Waals surface area contributed by atoms with Crippen molar-refractivity contribution in [3.63, 3.8) is 0 Å². The van der Waals surface area contributed by atoms with Crippen molar-refractivity contribution >= 4 is 11.8 Å². The quantitative estimate of drug-likeness (QED) is 0.145. The minimum atomic E-state index is -1.03. The molecule has 5 heteroatoms. The van der Waals surface area contributed by atoms with Crippen molar-refractivity contribution in [2.75, 3.05) is 26.7 Å². The molecule has 0 aromatic rings. The molecule has 1 saturated carbocycles. The third-order valence-corrected chi connectivity index (χ3v) is 7.01. The van der Waals surface area contributed by atoms with Gasteiger partial charge in [0.15, 0.2) is 6.10 Å². The normalized spacial score (nSPS) is 21.9. The Kier molecular flexibility index (Phi) is 16.4. The van der Waals surface area contributed by atoms with Gasteiger partial charge in [0, 0.05) is 18.9 Å². The van der Waals surface area contributed by atoms with Gasteiger partial charge in [0.05, 0.1) is 7.11 Å². The Bertz CT molecular complexity index is 556. The first-order chi connectivity index (χ1) is 16.0. The summed E-state index contributed by atoms with van der Waals surface area (Å²) in [7, 11) is 1.30. The molecule has 0 aliphatic heterocycles. The van der Waals surface area contributed by atoms with E-state index in [1.54, 1.807) is 0 Å². The molecule has 0 aromatic carbocycles. The summed E-state index contributed by atoms with van der Waals surface area (Å²) in [5, 5.41) is 9.75. The summed E-state index contributed by atoms with van der Waals surface area (Å²) in [5.74, 6) is 0.770. The van der Waals surface area contributed by atoms with E-state index in [1.807, 2.05) is 0 Å². The zero-order valence-corrected chi connectivity index (χ0v) is 21.9. The van der Waals surface area contributed by atoms with Crippen LogP contribution in [0, 0.1) is 17.8 Å². The molecule has 0 spiro atoms. The Labute approximate surface area is 203 Å². The van der Waals surface area contributed by atoms with E-state index < -0.39 is 12.1 Å². The van der Waals surface area contributed by atoms with Crippen molar-refractivity contribution < 1.29 is 19.4 Å². The minimum absolute atomic E-state index is 0.123. The smallest absolute Gasteiger partial charge is 0.334 e. The third kappa shape index (κ3) is 11.7. The van der Waals surface area contributed by atoms with Gasteiger partial charge < -0.3 is 14.7 Å². The van der Waals surface area contributed by atoms with E-state index in [9.17, 15) is 14.7 Å². The van der Waals surface area contributed by atoms with Gasteiger partial charge in [-0.25, -0.2) is 4.79 Å². The van der Waals surface area contributed by atoms with Crippen LogP contribution >= 0.6 is 0 Å². The number of nitrogens with zero attached hydrogens (tertiary/aromatic N) is 1. The van der Waals surface area contributed by atoms with Gasteiger partial charge in [0.25, 0.3) is 0 Å². The SMILES string of the molecule is CCCCCCC=C[C@H]1[C@H](CN(CCC)CCC)CC(=O)[C@@H]1CCCCCC(O)C(=O)OC. The predicted molar refractivity (Wildman–Crippen MR) is 136 cm³/mol. The molecular weight excluding hydrogens is 414 g/mol. The molecule has 0 bridgehead atoms. The summed E-state index contributed by atoms with van der Waals surface area (Å²) >= 11 is 0. The zero-order valence-electron chi connectivity index (χ0n) is 21.9. The molecule has 1 unspecified atom stereocenters. The fourth-order valence-corrected chi connectivity index (χ4v) is 5.25. The third-order valence-electron chi connectivity index (χ3n) is 7.01. The lowest BCUT2D eigenvalue weighted by molar-refractivity contribution is -0.150. The summed E-state index contributed by atoms with van der Waals surface area (Å²) in [4.78, 5) is 26.9. The number of Topliss-reactive ketones (excluding diaryl/α,β-unsaturated/α-hetero) is 1. The minimum Gasteiger partial charge on any atom is -0.467 e. The topological polar surface area (TPSA) is 66.8 Å².